The fourth-order valence-corrected chi connectivity index (χ4v) is 4.40. The highest BCUT2D eigenvalue weighted by atomic mass is 16.5. The fraction of sp³-hybridized carbons (Fsp3) is 0.571. The normalized spacial score (nSPS) is 22.5. The number of furan rings is 1. The smallest absolute Gasteiger partial charge is 0.227 e. The van der Waals surface area contributed by atoms with E-state index in [1.165, 1.54) is 17.5 Å². The molecule has 0 N–H and O–H groups in total. The van der Waals surface area contributed by atoms with Crippen molar-refractivity contribution in [2.24, 2.45) is 5.92 Å². The van der Waals surface area contributed by atoms with Crippen LogP contribution in [0.15, 0.2) is 22.8 Å². The Hall–Kier alpha value is -1.81. The van der Waals surface area contributed by atoms with Crippen LogP contribution in [0.25, 0.3) is 11.0 Å². The number of nitrogens with zero attached hydrogens (tertiary/aromatic N) is 1. The molecule has 132 valence electrons. The van der Waals surface area contributed by atoms with Gasteiger partial charge in [-0.3, -0.25) is 4.79 Å². The minimum absolute atomic E-state index is 0.248. The van der Waals surface area contributed by atoms with Gasteiger partial charge in [0.05, 0.1) is 19.3 Å². The average Bonchev–Trinajstić information content (AvgIpc) is 3.00. The largest absolute Gasteiger partial charge is 0.464 e. The van der Waals surface area contributed by atoms with Gasteiger partial charge >= 0.3 is 0 Å². The first kappa shape index (κ1) is 15.4. The molecule has 4 heteroatoms. The van der Waals surface area contributed by atoms with Crippen molar-refractivity contribution in [1.29, 1.82) is 0 Å². The minimum Gasteiger partial charge on any atom is -0.464 e. The summed E-state index contributed by atoms with van der Waals surface area (Å²) in [6.07, 6.45) is 9.17. The summed E-state index contributed by atoms with van der Waals surface area (Å²) >= 11 is 0. The van der Waals surface area contributed by atoms with Gasteiger partial charge in [0.15, 0.2) is 0 Å². The van der Waals surface area contributed by atoms with Crippen LogP contribution in [0.3, 0.4) is 0 Å². The number of ether oxygens (including phenoxy) is 1. The van der Waals surface area contributed by atoms with Crippen LogP contribution in [0.1, 0.15) is 42.4 Å². The number of carbonyl (C=O) groups is 1. The number of fused-ring (bicyclic) bond motifs is 2. The van der Waals surface area contributed by atoms with E-state index in [9.17, 15) is 4.79 Å². The van der Waals surface area contributed by atoms with Crippen molar-refractivity contribution < 1.29 is 13.9 Å². The molecule has 1 aliphatic heterocycles. The van der Waals surface area contributed by atoms with Gasteiger partial charge in [-0.15, -0.1) is 0 Å². The fourth-order valence-electron chi connectivity index (χ4n) is 4.40. The maximum atomic E-state index is 13.0. The lowest BCUT2D eigenvalue weighted by Gasteiger charge is -2.25. The van der Waals surface area contributed by atoms with Gasteiger partial charge in [-0.05, 0) is 61.8 Å². The zero-order valence-corrected chi connectivity index (χ0v) is 14.6. The Morgan fingerprint density at radius 2 is 2.00 bits per heavy atom. The first-order valence-electron chi connectivity index (χ1n) is 9.67. The topological polar surface area (TPSA) is 42.7 Å². The monoisotopic (exact) mass is 339 g/mol. The molecule has 2 heterocycles. The molecule has 25 heavy (non-hydrogen) atoms. The third kappa shape index (κ3) is 2.97. The number of amides is 1. The van der Waals surface area contributed by atoms with Crippen LogP contribution in [0.4, 0.5) is 0 Å². The second-order valence-electron chi connectivity index (χ2n) is 7.92. The van der Waals surface area contributed by atoms with E-state index in [-0.39, 0.29) is 5.91 Å². The highest BCUT2D eigenvalue weighted by molar-refractivity contribution is 5.89. The summed E-state index contributed by atoms with van der Waals surface area (Å²) in [5.41, 5.74) is 4.83. The van der Waals surface area contributed by atoms with E-state index in [0.717, 1.165) is 68.4 Å². The maximum absolute atomic E-state index is 13.0. The third-order valence-corrected chi connectivity index (χ3v) is 6.00. The van der Waals surface area contributed by atoms with E-state index in [1.807, 2.05) is 0 Å². The van der Waals surface area contributed by atoms with Crippen LogP contribution >= 0.6 is 0 Å². The van der Waals surface area contributed by atoms with Gasteiger partial charge in [-0.2, -0.15) is 0 Å². The quantitative estimate of drug-likeness (QED) is 0.837. The number of hydrogen-bond acceptors (Lipinski definition) is 3. The number of aryl methyl sites for hydroxylation is 2. The van der Waals surface area contributed by atoms with Gasteiger partial charge in [0.1, 0.15) is 5.58 Å². The average molecular weight is 339 g/mol. The number of benzene rings is 1. The molecule has 1 aromatic heterocycles. The molecule has 1 atom stereocenters. The molecule has 0 bridgehead atoms. The summed E-state index contributed by atoms with van der Waals surface area (Å²) in [7, 11) is 0. The van der Waals surface area contributed by atoms with Crippen LogP contribution in [0.2, 0.25) is 0 Å². The minimum atomic E-state index is 0.248. The Bertz CT molecular complexity index is 799. The van der Waals surface area contributed by atoms with Crippen LogP contribution in [0, 0.1) is 5.92 Å². The molecule has 1 aromatic carbocycles. The summed E-state index contributed by atoms with van der Waals surface area (Å²) in [6, 6.07) is 4.89. The van der Waals surface area contributed by atoms with Crippen molar-refractivity contribution in [2.45, 2.75) is 51.0 Å². The molecule has 0 unspecified atom stereocenters. The molecule has 2 fully saturated rings. The summed E-state index contributed by atoms with van der Waals surface area (Å²) < 4.78 is 11.3. The van der Waals surface area contributed by atoms with Crippen molar-refractivity contribution in [3.05, 3.63) is 35.1 Å². The highest BCUT2D eigenvalue weighted by Gasteiger charge is 2.35. The summed E-state index contributed by atoms with van der Waals surface area (Å²) in [4.78, 5) is 15.1. The van der Waals surface area contributed by atoms with Crippen LogP contribution < -0.4 is 0 Å². The van der Waals surface area contributed by atoms with Crippen LogP contribution in [-0.2, 0) is 28.8 Å². The predicted molar refractivity (Wildman–Crippen MR) is 95.6 cm³/mol. The van der Waals surface area contributed by atoms with Crippen molar-refractivity contribution in [3.8, 4) is 0 Å². The Kier molecular flexibility index (Phi) is 3.81. The van der Waals surface area contributed by atoms with E-state index >= 15 is 0 Å². The van der Waals surface area contributed by atoms with E-state index in [2.05, 4.69) is 17.0 Å². The number of rotatable bonds is 5. The van der Waals surface area contributed by atoms with E-state index < -0.39 is 0 Å². The van der Waals surface area contributed by atoms with Gasteiger partial charge in [-0.25, -0.2) is 0 Å². The molecule has 4 nitrogen and oxygen atoms in total. The summed E-state index contributed by atoms with van der Waals surface area (Å²) in [5.74, 6) is 0.756. The highest BCUT2D eigenvalue weighted by Crippen LogP contribution is 2.33. The molecule has 5 rings (SSSR count). The summed E-state index contributed by atoms with van der Waals surface area (Å²) in [6.45, 7) is 2.50. The Labute approximate surface area is 148 Å². The van der Waals surface area contributed by atoms with E-state index in [4.69, 9.17) is 9.15 Å². The molecule has 1 saturated carbocycles. The predicted octanol–water partition coefficient (Wildman–Crippen LogP) is 3.49. The first-order valence-corrected chi connectivity index (χ1v) is 9.67. The number of hydrogen-bond donors (Lipinski definition) is 0. The second-order valence-corrected chi connectivity index (χ2v) is 7.92. The standard InChI is InChI=1S/C21H25NO3/c23-21(22(18-4-5-18)11-14-6-7-24-12-14)10-17-13-25-20-9-16-3-1-2-15(16)8-19(17)20/h8-9,13-14,18H,1-7,10-12H2/t14-/m0/s1. The maximum Gasteiger partial charge on any atom is 0.227 e. The molecule has 3 aliphatic rings. The molecule has 1 amide bonds. The van der Waals surface area contributed by atoms with Crippen molar-refractivity contribution in [1.82, 2.24) is 4.90 Å². The Balaban J connectivity index is 1.36. The third-order valence-electron chi connectivity index (χ3n) is 6.00. The number of carbonyl (C=O) groups excluding carboxylic acids is 1. The molecular formula is C21H25NO3. The lowest BCUT2D eigenvalue weighted by atomic mass is 10.0. The van der Waals surface area contributed by atoms with Crippen molar-refractivity contribution in [3.63, 3.8) is 0 Å². The van der Waals surface area contributed by atoms with Crippen LogP contribution in [0.5, 0.6) is 0 Å². The lowest BCUT2D eigenvalue weighted by Crippen LogP contribution is -2.38. The molecule has 2 aromatic rings. The molecular weight excluding hydrogens is 314 g/mol. The zero-order chi connectivity index (χ0) is 16.8. The van der Waals surface area contributed by atoms with Gasteiger partial charge in [0, 0.05) is 36.1 Å². The lowest BCUT2D eigenvalue weighted by molar-refractivity contribution is -0.131. The zero-order valence-electron chi connectivity index (χ0n) is 14.6. The first-order chi connectivity index (χ1) is 12.3. The molecule has 1 saturated heterocycles. The second kappa shape index (κ2) is 6.17. The van der Waals surface area contributed by atoms with Crippen molar-refractivity contribution >= 4 is 16.9 Å². The van der Waals surface area contributed by atoms with Crippen molar-refractivity contribution in [2.75, 3.05) is 19.8 Å². The molecule has 0 spiro atoms. The van der Waals surface area contributed by atoms with Gasteiger partial charge in [0.2, 0.25) is 5.91 Å². The summed E-state index contributed by atoms with van der Waals surface area (Å²) in [5, 5.41) is 1.13. The van der Waals surface area contributed by atoms with Crippen LogP contribution in [-0.4, -0.2) is 36.6 Å². The SMILES string of the molecule is O=C(Cc1coc2cc3c(cc12)CCC3)N(C[C@@H]1CCOC1)C1CC1. The van der Waals surface area contributed by atoms with Gasteiger partial charge in [-0.1, -0.05) is 0 Å². The van der Waals surface area contributed by atoms with E-state index in [0.29, 0.717) is 18.4 Å². The van der Waals surface area contributed by atoms with Gasteiger partial charge < -0.3 is 14.1 Å². The molecule has 2 aliphatic carbocycles. The Morgan fingerprint density at radius 3 is 2.76 bits per heavy atom. The van der Waals surface area contributed by atoms with E-state index in [1.54, 1.807) is 6.26 Å². The molecule has 0 radical (unpaired) electrons. The Morgan fingerprint density at radius 1 is 1.16 bits per heavy atom. The van der Waals surface area contributed by atoms with Gasteiger partial charge in [0.25, 0.3) is 0 Å².